The van der Waals surface area contributed by atoms with Gasteiger partial charge >= 0.3 is 0 Å². The van der Waals surface area contributed by atoms with Gasteiger partial charge in [-0.3, -0.25) is 0 Å². The van der Waals surface area contributed by atoms with Gasteiger partial charge in [0.25, 0.3) is 0 Å². The zero-order chi connectivity index (χ0) is 13.8. The van der Waals surface area contributed by atoms with Crippen LogP contribution in [0.2, 0.25) is 0 Å². The second-order valence-electron chi connectivity index (χ2n) is 6.37. The van der Waals surface area contributed by atoms with Crippen LogP contribution in [0.15, 0.2) is 18.2 Å². The normalized spacial score (nSPS) is 27.5. The Labute approximate surface area is 118 Å². The number of nitrogens with one attached hydrogen (secondary N) is 1. The third kappa shape index (κ3) is 3.39. The number of rotatable bonds is 4. The van der Waals surface area contributed by atoms with Gasteiger partial charge in [0.2, 0.25) is 0 Å². The molecule has 2 rings (SSSR count). The lowest BCUT2D eigenvalue weighted by molar-refractivity contribution is 0.228. The molecule has 0 amide bonds. The quantitative estimate of drug-likeness (QED) is 0.843. The molecule has 0 saturated heterocycles. The first-order valence-electron chi connectivity index (χ1n) is 7.87. The van der Waals surface area contributed by atoms with Crippen LogP contribution in [-0.2, 0) is 0 Å². The topological polar surface area (TPSA) is 12.0 Å². The summed E-state index contributed by atoms with van der Waals surface area (Å²) in [4.78, 5) is 0. The van der Waals surface area contributed by atoms with Gasteiger partial charge in [-0.05, 0) is 69.2 Å². The van der Waals surface area contributed by atoms with E-state index < -0.39 is 0 Å². The average molecular weight is 259 g/mol. The van der Waals surface area contributed by atoms with Gasteiger partial charge in [0, 0.05) is 0 Å². The number of aryl methyl sites for hydroxylation is 2. The van der Waals surface area contributed by atoms with E-state index in [-0.39, 0.29) is 0 Å². The van der Waals surface area contributed by atoms with E-state index in [4.69, 9.17) is 0 Å². The fourth-order valence-electron chi connectivity index (χ4n) is 3.82. The van der Waals surface area contributed by atoms with Gasteiger partial charge in [-0.1, -0.05) is 43.5 Å². The summed E-state index contributed by atoms with van der Waals surface area (Å²) in [6, 6.07) is 7.02. The van der Waals surface area contributed by atoms with Crippen LogP contribution >= 0.6 is 0 Å². The Bertz CT molecular complexity index is 410. The average Bonchev–Trinajstić information content (AvgIpc) is 2.40. The SMILES string of the molecule is CCC1CCC(CNC)C(c2ccc(C)cc2C)C1. The van der Waals surface area contributed by atoms with Crippen LogP contribution in [0.25, 0.3) is 0 Å². The molecule has 1 nitrogen and oxygen atoms in total. The molecule has 106 valence electrons. The fraction of sp³-hybridized carbons (Fsp3) is 0.667. The summed E-state index contributed by atoms with van der Waals surface area (Å²) in [6.45, 7) is 7.99. The molecule has 0 spiro atoms. The van der Waals surface area contributed by atoms with Crippen molar-refractivity contribution in [1.29, 1.82) is 0 Å². The molecule has 0 heterocycles. The molecule has 1 heteroatoms. The Balaban J connectivity index is 2.25. The number of benzene rings is 1. The van der Waals surface area contributed by atoms with Crippen LogP contribution in [0.1, 0.15) is 55.2 Å². The molecule has 0 aliphatic heterocycles. The minimum absolute atomic E-state index is 0.756. The van der Waals surface area contributed by atoms with Gasteiger partial charge in [0.15, 0.2) is 0 Å². The second kappa shape index (κ2) is 6.56. The maximum Gasteiger partial charge on any atom is -0.00177 e. The fourth-order valence-corrected chi connectivity index (χ4v) is 3.82. The Hall–Kier alpha value is -0.820. The lowest BCUT2D eigenvalue weighted by Crippen LogP contribution is -2.30. The van der Waals surface area contributed by atoms with Crippen LogP contribution in [0.3, 0.4) is 0 Å². The van der Waals surface area contributed by atoms with E-state index in [1.165, 1.54) is 36.8 Å². The summed E-state index contributed by atoms with van der Waals surface area (Å²) in [5.41, 5.74) is 4.47. The Morgan fingerprint density at radius 3 is 2.63 bits per heavy atom. The minimum atomic E-state index is 0.756. The van der Waals surface area contributed by atoms with Gasteiger partial charge < -0.3 is 5.32 Å². The van der Waals surface area contributed by atoms with E-state index in [0.29, 0.717) is 0 Å². The summed E-state index contributed by atoms with van der Waals surface area (Å²) >= 11 is 0. The van der Waals surface area contributed by atoms with Crippen molar-refractivity contribution >= 4 is 0 Å². The summed E-state index contributed by atoms with van der Waals surface area (Å²) in [5.74, 6) is 2.50. The molecule has 3 unspecified atom stereocenters. The third-order valence-corrected chi connectivity index (χ3v) is 4.97. The van der Waals surface area contributed by atoms with E-state index in [1.807, 2.05) is 0 Å². The number of hydrogen-bond donors (Lipinski definition) is 1. The molecule has 1 saturated carbocycles. The zero-order valence-corrected chi connectivity index (χ0v) is 13.0. The summed E-state index contributed by atoms with van der Waals surface area (Å²) < 4.78 is 0. The molecule has 0 radical (unpaired) electrons. The third-order valence-electron chi connectivity index (χ3n) is 4.97. The molecule has 1 aromatic carbocycles. The molecule has 1 aliphatic rings. The highest BCUT2D eigenvalue weighted by molar-refractivity contribution is 5.34. The Kier molecular flexibility index (Phi) is 5.04. The van der Waals surface area contributed by atoms with Gasteiger partial charge in [0.1, 0.15) is 0 Å². The molecule has 19 heavy (non-hydrogen) atoms. The molecule has 1 aliphatic carbocycles. The maximum absolute atomic E-state index is 3.40. The summed E-state index contributed by atoms with van der Waals surface area (Å²) in [6.07, 6.45) is 5.53. The van der Waals surface area contributed by atoms with E-state index in [2.05, 4.69) is 51.3 Å². The van der Waals surface area contributed by atoms with Crippen LogP contribution in [0.4, 0.5) is 0 Å². The lowest BCUT2D eigenvalue weighted by atomic mass is 9.69. The summed E-state index contributed by atoms with van der Waals surface area (Å²) in [5, 5.41) is 3.40. The first-order chi connectivity index (χ1) is 9.15. The first-order valence-corrected chi connectivity index (χ1v) is 7.87. The van der Waals surface area contributed by atoms with Crippen molar-refractivity contribution in [3.05, 3.63) is 34.9 Å². The smallest absolute Gasteiger partial charge is 0.00177 e. The predicted molar refractivity (Wildman–Crippen MR) is 83.7 cm³/mol. The molecular weight excluding hydrogens is 230 g/mol. The Morgan fingerprint density at radius 2 is 2.00 bits per heavy atom. The largest absolute Gasteiger partial charge is 0.319 e. The highest BCUT2D eigenvalue weighted by Crippen LogP contribution is 2.42. The number of hydrogen-bond acceptors (Lipinski definition) is 1. The van der Waals surface area contributed by atoms with Crippen molar-refractivity contribution in [2.45, 2.75) is 52.4 Å². The second-order valence-corrected chi connectivity index (χ2v) is 6.37. The molecule has 1 fully saturated rings. The van der Waals surface area contributed by atoms with Crippen LogP contribution in [0.5, 0.6) is 0 Å². The zero-order valence-electron chi connectivity index (χ0n) is 13.0. The van der Waals surface area contributed by atoms with Crippen molar-refractivity contribution in [2.75, 3.05) is 13.6 Å². The van der Waals surface area contributed by atoms with Gasteiger partial charge in [0.05, 0.1) is 0 Å². The van der Waals surface area contributed by atoms with Crippen molar-refractivity contribution in [3.63, 3.8) is 0 Å². The predicted octanol–water partition coefficient (Wildman–Crippen LogP) is 4.43. The van der Waals surface area contributed by atoms with Crippen LogP contribution in [0, 0.1) is 25.7 Å². The van der Waals surface area contributed by atoms with Crippen molar-refractivity contribution in [2.24, 2.45) is 11.8 Å². The van der Waals surface area contributed by atoms with Crippen molar-refractivity contribution in [1.82, 2.24) is 5.32 Å². The minimum Gasteiger partial charge on any atom is -0.319 e. The molecule has 1 aromatic rings. The van der Waals surface area contributed by atoms with Crippen LogP contribution in [-0.4, -0.2) is 13.6 Å². The molecule has 3 atom stereocenters. The highest BCUT2D eigenvalue weighted by atomic mass is 14.8. The lowest BCUT2D eigenvalue weighted by Gasteiger charge is -2.37. The van der Waals surface area contributed by atoms with Crippen molar-refractivity contribution in [3.8, 4) is 0 Å². The van der Waals surface area contributed by atoms with Gasteiger partial charge in [-0.25, -0.2) is 0 Å². The van der Waals surface area contributed by atoms with E-state index in [9.17, 15) is 0 Å². The van der Waals surface area contributed by atoms with Crippen LogP contribution < -0.4 is 5.32 Å². The molecular formula is C18H29N. The Morgan fingerprint density at radius 1 is 1.21 bits per heavy atom. The van der Waals surface area contributed by atoms with Gasteiger partial charge in [-0.2, -0.15) is 0 Å². The standard InChI is InChI=1S/C18H29N/c1-5-15-7-8-16(12-19-4)18(11-15)17-9-6-13(2)10-14(17)3/h6,9-10,15-16,18-19H,5,7-8,11-12H2,1-4H3. The van der Waals surface area contributed by atoms with Crippen molar-refractivity contribution < 1.29 is 0 Å². The summed E-state index contributed by atoms with van der Waals surface area (Å²) in [7, 11) is 2.09. The highest BCUT2D eigenvalue weighted by Gasteiger charge is 2.31. The maximum atomic E-state index is 3.40. The molecule has 0 bridgehead atoms. The van der Waals surface area contributed by atoms with E-state index in [0.717, 1.165) is 24.3 Å². The molecule has 0 aromatic heterocycles. The van der Waals surface area contributed by atoms with Gasteiger partial charge in [-0.15, -0.1) is 0 Å². The first kappa shape index (κ1) is 14.6. The van der Waals surface area contributed by atoms with E-state index >= 15 is 0 Å². The molecule has 1 N–H and O–H groups in total. The monoisotopic (exact) mass is 259 g/mol. The van der Waals surface area contributed by atoms with E-state index in [1.54, 1.807) is 5.56 Å².